The van der Waals surface area contributed by atoms with Crippen LogP contribution in [0, 0.1) is 0 Å². The van der Waals surface area contributed by atoms with Crippen molar-refractivity contribution in [3.05, 3.63) is 35.9 Å². The minimum atomic E-state index is -0.609. The maximum Gasteiger partial charge on any atom is 0.329 e. The number of nitrogens with one attached hydrogen (secondary N) is 2. The highest BCUT2D eigenvalue weighted by Crippen LogP contribution is 2.33. The summed E-state index contributed by atoms with van der Waals surface area (Å²) in [5.41, 5.74) is 0.599. The van der Waals surface area contributed by atoms with Crippen LogP contribution < -0.4 is 10.2 Å². The molecule has 1 heterocycles. The number of hydrogen-bond acceptors (Lipinski definition) is 2. The van der Waals surface area contributed by atoms with E-state index in [2.05, 4.69) is 17.4 Å². The Morgan fingerprint density at radius 1 is 1.14 bits per heavy atom. The normalized spacial score (nSPS) is 22.0. The van der Waals surface area contributed by atoms with Crippen molar-refractivity contribution in [2.75, 3.05) is 13.7 Å². The summed E-state index contributed by atoms with van der Waals surface area (Å²) in [4.78, 5) is 27.5. The van der Waals surface area contributed by atoms with Crippen molar-refractivity contribution in [2.45, 2.75) is 44.2 Å². The molecule has 5 heteroatoms. The first kappa shape index (κ1) is 15.0. The van der Waals surface area contributed by atoms with Crippen LogP contribution >= 0.6 is 0 Å². The van der Waals surface area contributed by atoms with Crippen molar-refractivity contribution in [3.63, 3.8) is 0 Å². The van der Waals surface area contributed by atoms with E-state index in [0.717, 1.165) is 43.5 Å². The van der Waals surface area contributed by atoms with Crippen LogP contribution in [0.15, 0.2) is 30.3 Å². The fourth-order valence-corrected chi connectivity index (χ4v) is 3.58. The third kappa shape index (κ3) is 2.86. The van der Waals surface area contributed by atoms with Crippen molar-refractivity contribution in [3.8, 4) is 0 Å². The molecule has 2 fully saturated rings. The molecule has 2 N–H and O–H groups in total. The number of benzene rings is 1. The molecule has 22 heavy (non-hydrogen) atoms. The molecule has 3 rings (SSSR count). The molecule has 1 atom stereocenters. The fourth-order valence-electron chi connectivity index (χ4n) is 3.58. The largest absolute Gasteiger partial charge is 0.329 e. The lowest BCUT2D eigenvalue weighted by Crippen LogP contribution is -3.09. The zero-order valence-electron chi connectivity index (χ0n) is 13.1. The lowest BCUT2D eigenvalue weighted by Gasteiger charge is -2.30. The summed E-state index contributed by atoms with van der Waals surface area (Å²) in [6.07, 6.45) is 4.76. The summed E-state index contributed by atoms with van der Waals surface area (Å²) in [5.74, 6) is -0.0235. The molecular weight excluding hydrogens is 278 g/mol. The molecule has 1 spiro atoms. The average Bonchev–Trinajstić information content (AvgIpc) is 2.73. The number of carbonyl (C=O) groups excluding carboxylic acids is 2. The van der Waals surface area contributed by atoms with E-state index in [1.54, 1.807) is 0 Å². The van der Waals surface area contributed by atoms with Gasteiger partial charge in [0.25, 0.3) is 5.91 Å². The second-order valence-electron chi connectivity index (χ2n) is 6.58. The van der Waals surface area contributed by atoms with E-state index in [1.807, 2.05) is 25.2 Å². The van der Waals surface area contributed by atoms with Gasteiger partial charge in [-0.3, -0.25) is 4.79 Å². The van der Waals surface area contributed by atoms with Crippen LogP contribution in [0.4, 0.5) is 4.79 Å². The van der Waals surface area contributed by atoms with Gasteiger partial charge in [0.1, 0.15) is 12.1 Å². The maximum absolute atomic E-state index is 12.7. The quantitative estimate of drug-likeness (QED) is 0.813. The van der Waals surface area contributed by atoms with Crippen molar-refractivity contribution in [2.24, 2.45) is 0 Å². The smallest absolute Gasteiger partial charge is 0.323 e. The standard InChI is InChI=1S/C17H23N3O2/c1-19(12-14-8-4-2-5-9-14)13-20-15(21)17(18-16(20)22)10-6-3-7-11-17/h2,4-5,8-9H,3,6-7,10-13H2,1H3,(H,18,22)/p+1. The van der Waals surface area contributed by atoms with E-state index in [0.29, 0.717) is 6.67 Å². The second-order valence-corrected chi connectivity index (χ2v) is 6.58. The SMILES string of the molecule is C[NH+](Cc1ccccc1)CN1C(=O)NC2(CCCCC2)C1=O. The molecule has 1 saturated carbocycles. The van der Waals surface area contributed by atoms with Gasteiger partial charge in [0, 0.05) is 5.56 Å². The Balaban J connectivity index is 1.64. The van der Waals surface area contributed by atoms with E-state index in [-0.39, 0.29) is 11.9 Å². The topological polar surface area (TPSA) is 53.9 Å². The molecule has 0 bridgehead atoms. The highest BCUT2D eigenvalue weighted by Gasteiger charge is 2.52. The van der Waals surface area contributed by atoms with Crippen molar-refractivity contribution < 1.29 is 14.5 Å². The van der Waals surface area contributed by atoms with Crippen molar-refractivity contribution >= 4 is 11.9 Å². The molecule has 1 aromatic carbocycles. The number of urea groups is 1. The van der Waals surface area contributed by atoms with Gasteiger partial charge >= 0.3 is 6.03 Å². The number of rotatable bonds is 4. The first-order valence-electron chi connectivity index (χ1n) is 8.10. The number of amides is 3. The van der Waals surface area contributed by atoms with Crippen molar-refractivity contribution in [1.82, 2.24) is 10.2 Å². The number of hydrogen-bond donors (Lipinski definition) is 2. The van der Waals surface area contributed by atoms with Gasteiger partial charge in [0.15, 0.2) is 6.67 Å². The minimum absolute atomic E-state index is 0.0235. The van der Waals surface area contributed by atoms with E-state index < -0.39 is 5.54 Å². The minimum Gasteiger partial charge on any atom is -0.323 e. The Labute approximate surface area is 131 Å². The first-order valence-corrected chi connectivity index (χ1v) is 8.10. The lowest BCUT2D eigenvalue weighted by molar-refractivity contribution is -0.901. The van der Waals surface area contributed by atoms with Gasteiger partial charge < -0.3 is 10.2 Å². The van der Waals surface area contributed by atoms with Gasteiger partial charge in [-0.1, -0.05) is 49.6 Å². The zero-order chi connectivity index (χ0) is 15.6. The average molecular weight is 302 g/mol. The van der Waals surface area contributed by atoms with Crippen LogP contribution in [0.2, 0.25) is 0 Å². The first-order chi connectivity index (χ1) is 10.6. The lowest BCUT2D eigenvalue weighted by atomic mass is 9.82. The maximum atomic E-state index is 12.7. The predicted octanol–water partition coefficient (Wildman–Crippen LogP) is 0.913. The van der Waals surface area contributed by atoms with E-state index in [1.165, 1.54) is 10.5 Å². The van der Waals surface area contributed by atoms with Gasteiger partial charge in [-0.05, 0) is 12.8 Å². The number of carbonyl (C=O) groups is 2. The molecular formula is C17H24N3O2+. The summed E-state index contributed by atoms with van der Waals surface area (Å²) in [5, 5.41) is 2.96. The van der Waals surface area contributed by atoms with Crippen LogP contribution in [-0.4, -0.2) is 36.1 Å². The summed E-state index contributed by atoms with van der Waals surface area (Å²) in [6, 6.07) is 9.92. The molecule has 1 aliphatic heterocycles. The number of quaternary nitrogens is 1. The molecule has 5 nitrogen and oxygen atoms in total. The van der Waals surface area contributed by atoms with Gasteiger partial charge in [-0.15, -0.1) is 0 Å². The van der Waals surface area contributed by atoms with Crippen LogP contribution in [0.3, 0.4) is 0 Å². The molecule has 1 unspecified atom stereocenters. The Morgan fingerprint density at radius 3 is 2.50 bits per heavy atom. The second kappa shape index (κ2) is 6.08. The van der Waals surface area contributed by atoms with Gasteiger partial charge in [-0.2, -0.15) is 0 Å². The van der Waals surface area contributed by atoms with Crippen LogP contribution in [0.5, 0.6) is 0 Å². The van der Waals surface area contributed by atoms with Crippen molar-refractivity contribution in [1.29, 1.82) is 0 Å². The van der Waals surface area contributed by atoms with E-state index >= 15 is 0 Å². The van der Waals surface area contributed by atoms with Gasteiger partial charge in [-0.25, -0.2) is 9.69 Å². The highest BCUT2D eigenvalue weighted by molar-refractivity contribution is 6.06. The molecule has 1 aliphatic carbocycles. The third-order valence-corrected chi connectivity index (χ3v) is 4.73. The summed E-state index contributed by atoms with van der Waals surface area (Å²) in [7, 11) is 2.01. The third-order valence-electron chi connectivity index (χ3n) is 4.73. The van der Waals surface area contributed by atoms with E-state index in [4.69, 9.17) is 0 Å². The van der Waals surface area contributed by atoms with Crippen LogP contribution in [-0.2, 0) is 11.3 Å². The van der Waals surface area contributed by atoms with Crippen LogP contribution in [0.1, 0.15) is 37.7 Å². The highest BCUT2D eigenvalue weighted by atomic mass is 16.2. The number of imide groups is 1. The summed E-state index contributed by atoms with van der Waals surface area (Å²) in [6.45, 7) is 1.21. The Morgan fingerprint density at radius 2 is 1.82 bits per heavy atom. The Kier molecular flexibility index (Phi) is 4.16. The summed E-state index contributed by atoms with van der Waals surface area (Å²) < 4.78 is 0. The van der Waals surface area contributed by atoms with E-state index in [9.17, 15) is 9.59 Å². The molecule has 118 valence electrons. The molecule has 0 aromatic heterocycles. The number of nitrogens with zero attached hydrogens (tertiary/aromatic N) is 1. The monoisotopic (exact) mass is 302 g/mol. The molecule has 1 aromatic rings. The Bertz CT molecular complexity index is 552. The van der Waals surface area contributed by atoms with Gasteiger partial charge in [0.2, 0.25) is 0 Å². The summed E-state index contributed by atoms with van der Waals surface area (Å²) >= 11 is 0. The zero-order valence-corrected chi connectivity index (χ0v) is 13.1. The molecule has 3 amide bonds. The molecule has 2 aliphatic rings. The Hall–Kier alpha value is -1.88. The predicted molar refractivity (Wildman–Crippen MR) is 83.1 cm³/mol. The van der Waals surface area contributed by atoms with Crippen LogP contribution in [0.25, 0.3) is 0 Å². The molecule has 0 radical (unpaired) electrons. The molecule has 1 saturated heterocycles. The van der Waals surface area contributed by atoms with Gasteiger partial charge in [0.05, 0.1) is 7.05 Å². The fraction of sp³-hybridized carbons (Fsp3) is 0.529.